The van der Waals surface area contributed by atoms with Gasteiger partial charge < -0.3 is 26.0 Å². The normalized spacial score (nSPS) is 22.8. The van der Waals surface area contributed by atoms with E-state index in [1.54, 1.807) is 25.2 Å². The minimum Gasteiger partial charge on any atom is -0.482 e. The lowest BCUT2D eigenvalue weighted by Crippen LogP contribution is -2.52. The first-order chi connectivity index (χ1) is 19.7. The fraction of sp³-hybridized carbons (Fsp3) is 0.429. The van der Waals surface area contributed by atoms with E-state index in [0.717, 1.165) is 49.2 Å². The number of aromatic nitrogens is 3. The minimum atomic E-state index is -0.761. The summed E-state index contributed by atoms with van der Waals surface area (Å²) >= 11 is 0. The number of carbonyl (C=O) groups is 4. The molecule has 7 rings (SSSR count). The van der Waals surface area contributed by atoms with E-state index in [1.165, 1.54) is 6.07 Å². The third-order valence-corrected chi connectivity index (χ3v) is 8.76. The van der Waals surface area contributed by atoms with Crippen LogP contribution in [0.2, 0.25) is 0 Å². The van der Waals surface area contributed by atoms with Crippen LogP contribution in [0.15, 0.2) is 30.5 Å². The molecule has 3 heterocycles. The first-order valence-corrected chi connectivity index (χ1v) is 13.6. The highest BCUT2D eigenvalue weighted by atomic mass is 19.1. The maximum Gasteiger partial charge on any atom is 0.270 e. The second kappa shape index (κ2) is 10.1. The number of carbonyl (C=O) groups excluding carboxylic acids is 4. The Morgan fingerprint density at radius 1 is 1.07 bits per heavy atom. The molecule has 2 bridgehead atoms. The van der Waals surface area contributed by atoms with Crippen molar-refractivity contribution < 1.29 is 28.3 Å². The van der Waals surface area contributed by atoms with Crippen molar-refractivity contribution in [3.63, 3.8) is 0 Å². The van der Waals surface area contributed by atoms with Gasteiger partial charge in [-0.1, -0.05) is 6.07 Å². The van der Waals surface area contributed by atoms with Gasteiger partial charge in [-0.15, -0.1) is 0 Å². The Hall–Kier alpha value is -4.55. The van der Waals surface area contributed by atoms with Crippen LogP contribution in [-0.4, -0.2) is 58.4 Å². The zero-order valence-corrected chi connectivity index (χ0v) is 22.5. The molecule has 1 aromatic carbocycles. The number of nitrogens with zero attached hydrogens (tertiary/aromatic N) is 3. The first-order valence-electron chi connectivity index (χ1n) is 13.6. The fourth-order valence-electron chi connectivity index (χ4n) is 6.22. The van der Waals surface area contributed by atoms with Gasteiger partial charge in [0.1, 0.15) is 17.1 Å². The summed E-state index contributed by atoms with van der Waals surface area (Å²) in [6, 6.07) is 6.42. The Morgan fingerprint density at radius 3 is 2.56 bits per heavy atom. The zero-order chi connectivity index (χ0) is 28.8. The summed E-state index contributed by atoms with van der Waals surface area (Å²) in [7, 11) is 1.67. The molecule has 4 aliphatic rings. The molecule has 3 saturated carbocycles. The van der Waals surface area contributed by atoms with Gasteiger partial charge in [-0.05, 0) is 61.6 Å². The average molecular weight is 564 g/mol. The second-order valence-electron chi connectivity index (χ2n) is 11.1. The number of hydrogen-bond acceptors (Lipinski definition) is 7. The highest BCUT2D eigenvalue weighted by Crippen LogP contribution is 2.56. The van der Waals surface area contributed by atoms with E-state index >= 15 is 0 Å². The topological polar surface area (TPSA) is 156 Å². The Kier molecular flexibility index (Phi) is 6.59. The summed E-state index contributed by atoms with van der Waals surface area (Å²) in [5, 5.41) is 15.2. The number of halogens is 1. The van der Waals surface area contributed by atoms with Crippen molar-refractivity contribution in [3.8, 4) is 5.75 Å². The van der Waals surface area contributed by atoms with Crippen LogP contribution >= 0.6 is 0 Å². The van der Waals surface area contributed by atoms with Gasteiger partial charge in [-0.25, -0.2) is 13.9 Å². The average Bonchev–Trinajstić information content (AvgIpc) is 3.38. The smallest absolute Gasteiger partial charge is 0.270 e. The summed E-state index contributed by atoms with van der Waals surface area (Å²) in [5.41, 5.74) is 0.390. The van der Waals surface area contributed by atoms with Crippen molar-refractivity contribution in [1.82, 2.24) is 30.5 Å². The quantitative estimate of drug-likeness (QED) is 0.342. The van der Waals surface area contributed by atoms with Crippen molar-refractivity contribution >= 4 is 35.0 Å². The molecule has 214 valence electrons. The van der Waals surface area contributed by atoms with Crippen molar-refractivity contribution in [1.29, 1.82) is 0 Å². The predicted molar refractivity (Wildman–Crippen MR) is 144 cm³/mol. The van der Waals surface area contributed by atoms with Crippen molar-refractivity contribution in [2.45, 2.75) is 45.1 Å². The van der Waals surface area contributed by atoms with Gasteiger partial charge in [0.05, 0.1) is 11.9 Å². The summed E-state index contributed by atoms with van der Waals surface area (Å²) in [5.74, 6) is -1.51. The molecular weight excluding hydrogens is 533 g/mol. The molecule has 0 spiro atoms. The third kappa shape index (κ3) is 4.85. The van der Waals surface area contributed by atoms with Gasteiger partial charge in [0.2, 0.25) is 5.91 Å². The molecule has 0 saturated heterocycles. The third-order valence-electron chi connectivity index (χ3n) is 8.76. The number of ether oxygens (including phenoxy) is 1. The van der Waals surface area contributed by atoms with Crippen LogP contribution in [0.25, 0.3) is 5.65 Å². The maximum atomic E-state index is 14.5. The van der Waals surface area contributed by atoms with Crippen LogP contribution in [-0.2, 0) is 16.1 Å². The number of amides is 4. The van der Waals surface area contributed by atoms with Gasteiger partial charge in [0.25, 0.3) is 17.7 Å². The summed E-state index contributed by atoms with van der Waals surface area (Å²) in [4.78, 5) is 54.5. The lowest BCUT2D eigenvalue weighted by Gasteiger charge is -2.52. The standard InChI is InChI=1S/C28H30FN7O5/c1-30-26(40)28-7-4-27(5-8-28,6-9-28)15-32-25(39)20-11-19(35-23-17(29)13-33-36(20)23)24(38)31-12-16-2-3-21-18(10-16)34-22(37)14-41-21/h2-3,10-11,13H,4-9,12,14-15H2,1H3,(H,30,40)(H,31,38)(H,32,39)(H,34,37). The highest BCUT2D eigenvalue weighted by Gasteiger charge is 2.52. The van der Waals surface area contributed by atoms with E-state index in [4.69, 9.17) is 4.74 Å². The SMILES string of the molecule is CNC(=O)C12CCC(CNC(=O)c3cc(C(=O)NCc4ccc5c(c4)NC(=O)CO5)nc4c(F)cnn34)(CC1)CC2. The lowest BCUT2D eigenvalue weighted by molar-refractivity contribution is -0.139. The van der Waals surface area contributed by atoms with Crippen molar-refractivity contribution in [3.05, 3.63) is 53.2 Å². The molecule has 1 aliphatic heterocycles. The molecule has 0 atom stereocenters. The molecule has 12 nitrogen and oxygen atoms in total. The number of fused-ring (bicyclic) bond motifs is 5. The Labute approximate surface area is 234 Å². The number of hydrogen-bond donors (Lipinski definition) is 4. The molecule has 3 aliphatic carbocycles. The fourth-order valence-corrected chi connectivity index (χ4v) is 6.22. The number of anilines is 1. The minimum absolute atomic E-state index is 0.0135. The van der Waals surface area contributed by atoms with Crippen LogP contribution in [0.1, 0.15) is 65.1 Å². The number of benzene rings is 1. The second-order valence-corrected chi connectivity index (χ2v) is 11.1. The van der Waals surface area contributed by atoms with E-state index in [9.17, 15) is 23.6 Å². The summed E-state index contributed by atoms with van der Waals surface area (Å²) in [6.07, 6.45) is 5.77. The van der Waals surface area contributed by atoms with Crippen LogP contribution in [0.5, 0.6) is 5.75 Å². The Morgan fingerprint density at radius 2 is 1.83 bits per heavy atom. The maximum absolute atomic E-state index is 14.5. The molecule has 4 N–H and O–H groups in total. The molecule has 2 aromatic heterocycles. The lowest BCUT2D eigenvalue weighted by atomic mass is 9.53. The van der Waals surface area contributed by atoms with E-state index in [-0.39, 0.29) is 52.8 Å². The van der Waals surface area contributed by atoms with E-state index in [1.807, 2.05) is 0 Å². The van der Waals surface area contributed by atoms with Gasteiger partial charge in [0.15, 0.2) is 18.1 Å². The van der Waals surface area contributed by atoms with Gasteiger partial charge in [0, 0.05) is 31.6 Å². The Balaban J connectivity index is 1.16. The van der Waals surface area contributed by atoms with E-state index in [2.05, 4.69) is 31.3 Å². The Bertz CT molecular complexity index is 1560. The summed E-state index contributed by atoms with van der Waals surface area (Å²) in [6.45, 7) is 0.444. The molecule has 3 fully saturated rings. The molecular formula is C28H30FN7O5. The molecule has 4 amide bonds. The van der Waals surface area contributed by atoms with Crippen LogP contribution in [0.4, 0.5) is 10.1 Å². The van der Waals surface area contributed by atoms with Crippen molar-refractivity contribution in [2.24, 2.45) is 10.8 Å². The van der Waals surface area contributed by atoms with Gasteiger partial charge in [-0.3, -0.25) is 19.2 Å². The van der Waals surface area contributed by atoms with Crippen molar-refractivity contribution in [2.75, 3.05) is 25.5 Å². The van der Waals surface area contributed by atoms with Gasteiger partial charge in [-0.2, -0.15) is 5.10 Å². The molecule has 0 unspecified atom stereocenters. The molecule has 3 aromatic rings. The zero-order valence-electron chi connectivity index (χ0n) is 22.5. The van der Waals surface area contributed by atoms with Crippen LogP contribution in [0, 0.1) is 16.6 Å². The first kappa shape index (κ1) is 26.7. The molecule has 0 radical (unpaired) electrons. The molecule has 41 heavy (non-hydrogen) atoms. The van der Waals surface area contributed by atoms with Crippen LogP contribution in [0.3, 0.4) is 0 Å². The highest BCUT2D eigenvalue weighted by molar-refractivity contribution is 5.98. The largest absolute Gasteiger partial charge is 0.482 e. The van der Waals surface area contributed by atoms with E-state index in [0.29, 0.717) is 23.5 Å². The summed E-state index contributed by atoms with van der Waals surface area (Å²) < 4.78 is 21.0. The molecule has 13 heteroatoms. The van der Waals surface area contributed by atoms with E-state index < -0.39 is 17.6 Å². The predicted octanol–water partition coefficient (Wildman–Crippen LogP) is 1.95. The number of nitrogens with one attached hydrogen (secondary N) is 4. The number of rotatable bonds is 7. The van der Waals surface area contributed by atoms with Gasteiger partial charge >= 0.3 is 0 Å². The monoisotopic (exact) mass is 563 g/mol. The van der Waals surface area contributed by atoms with Crippen LogP contribution < -0.4 is 26.0 Å².